The number of hydrogen-bond acceptors (Lipinski definition) is 7. The number of carbonyl (C=O) groups is 3. The Balaban J connectivity index is 2.07. The van der Waals surface area contributed by atoms with Gasteiger partial charge in [-0.05, 0) is 19.4 Å². The third-order valence-electron chi connectivity index (χ3n) is 4.84. The van der Waals surface area contributed by atoms with Gasteiger partial charge in [-0.25, -0.2) is 9.80 Å². The number of ether oxygens (including phenoxy) is 3. The number of amides is 1. The van der Waals surface area contributed by atoms with E-state index >= 15 is 0 Å². The van der Waals surface area contributed by atoms with Crippen LogP contribution in [0, 0.1) is 5.92 Å². The molecule has 0 saturated carbocycles. The molecule has 4 atom stereocenters. The van der Waals surface area contributed by atoms with Crippen molar-refractivity contribution in [1.29, 1.82) is 0 Å². The molecule has 1 aromatic rings. The first-order valence-corrected chi connectivity index (χ1v) is 8.54. The van der Waals surface area contributed by atoms with Gasteiger partial charge in [0, 0.05) is 0 Å². The maximum absolute atomic E-state index is 12.7. The molecule has 1 amide bonds. The van der Waals surface area contributed by atoms with Crippen LogP contribution in [0.2, 0.25) is 0 Å². The number of rotatable bonds is 4. The molecule has 3 rings (SSSR count). The topological polar surface area (TPSA) is 85.4 Å². The average molecular weight is 362 g/mol. The van der Waals surface area contributed by atoms with Crippen LogP contribution in [0.1, 0.15) is 25.5 Å². The summed E-state index contributed by atoms with van der Waals surface area (Å²) < 4.78 is 15.4. The SMILES string of the molecule is CCOC(=O)[C@H]1[C@H](C(=O)OC)[C@@H](C)N2C(=O)OC[C@@H](c3ccccc3)N12. The molecule has 2 saturated heterocycles. The van der Waals surface area contributed by atoms with Gasteiger partial charge in [-0.15, -0.1) is 0 Å². The molecule has 0 N–H and O–H groups in total. The summed E-state index contributed by atoms with van der Waals surface area (Å²) in [6.45, 7) is 3.64. The lowest BCUT2D eigenvalue weighted by Crippen LogP contribution is -2.56. The number of hydrogen-bond donors (Lipinski definition) is 0. The van der Waals surface area contributed by atoms with Gasteiger partial charge in [0.05, 0.1) is 25.8 Å². The minimum absolute atomic E-state index is 0.0792. The molecule has 2 fully saturated rings. The Morgan fingerprint density at radius 3 is 2.54 bits per heavy atom. The van der Waals surface area contributed by atoms with Crippen LogP contribution >= 0.6 is 0 Å². The fourth-order valence-corrected chi connectivity index (χ4v) is 3.69. The normalized spacial score (nSPS) is 28.3. The third kappa shape index (κ3) is 2.90. The smallest absolute Gasteiger partial charge is 0.424 e. The molecule has 2 aliphatic heterocycles. The van der Waals surface area contributed by atoms with Gasteiger partial charge < -0.3 is 14.2 Å². The Kier molecular flexibility index (Phi) is 5.13. The number of cyclic esters (lactones) is 1. The second kappa shape index (κ2) is 7.33. The number of hydrazine groups is 1. The molecule has 0 aromatic heterocycles. The van der Waals surface area contributed by atoms with Gasteiger partial charge in [-0.2, -0.15) is 5.01 Å². The highest BCUT2D eigenvalue weighted by atomic mass is 16.6. The van der Waals surface area contributed by atoms with Crippen LogP contribution in [0.25, 0.3) is 0 Å². The highest BCUT2D eigenvalue weighted by Gasteiger charge is 2.59. The molecule has 0 aliphatic carbocycles. The average Bonchev–Trinajstić information content (AvgIpc) is 2.96. The van der Waals surface area contributed by atoms with E-state index in [4.69, 9.17) is 14.2 Å². The molecule has 8 nitrogen and oxygen atoms in total. The minimum atomic E-state index is -0.963. The Morgan fingerprint density at radius 1 is 1.23 bits per heavy atom. The maximum atomic E-state index is 12.7. The molecule has 0 spiro atoms. The summed E-state index contributed by atoms with van der Waals surface area (Å²) >= 11 is 0. The highest BCUT2D eigenvalue weighted by Crippen LogP contribution is 2.41. The Bertz CT molecular complexity index is 694. The van der Waals surface area contributed by atoms with Crippen molar-refractivity contribution in [3.05, 3.63) is 35.9 Å². The Morgan fingerprint density at radius 2 is 1.92 bits per heavy atom. The summed E-state index contributed by atoms with van der Waals surface area (Å²) in [6, 6.07) is 7.43. The fraction of sp³-hybridized carbons (Fsp3) is 0.500. The predicted molar refractivity (Wildman–Crippen MR) is 89.6 cm³/mol. The summed E-state index contributed by atoms with van der Waals surface area (Å²) in [4.78, 5) is 37.5. The summed E-state index contributed by atoms with van der Waals surface area (Å²) in [5, 5.41) is 2.95. The number of carbonyl (C=O) groups excluding carboxylic acids is 3. The monoisotopic (exact) mass is 362 g/mol. The van der Waals surface area contributed by atoms with E-state index in [1.165, 1.54) is 12.1 Å². The van der Waals surface area contributed by atoms with Crippen molar-refractivity contribution in [2.75, 3.05) is 20.3 Å². The number of methoxy groups -OCH3 is 1. The van der Waals surface area contributed by atoms with Crippen molar-refractivity contribution in [2.24, 2.45) is 5.92 Å². The van der Waals surface area contributed by atoms with E-state index in [1.54, 1.807) is 18.9 Å². The molecule has 0 radical (unpaired) electrons. The van der Waals surface area contributed by atoms with E-state index < -0.39 is 42.1 Å². The second-order valence-corrected chi connectivity index (χ2v) is 6.21. The van der Waals surface area contributed by atoms with Gasteiger partial charge in [0.2, 0.25) is 0 Å². The van der Waals surface area contributed by atoms with Crippen molar-refractivity contribution >= 4 is 18.0 Å². The minimum Gasteiger partial charge on any atom is -0.469 e. The van der Waals surface area contributed by atoms with E-state index in [2.05, 4.69) is 0 Å². The van der Waals surface area contributed by atoms with Gasteiger partial charge in [0.1, 0.15) is 18.6 Å². The molecule has 0 bridgehead atoms. The van der Waals surface area contributed by atoms with Gasteiger partial charge in [-0.1, -0.05) is 30.3 Å². The first-order valence-electron chi connectivity index (χ1n) is 8.54. The largest absolute Gasteiger partial charge is 0.469 e. The fourth-order valence-electron chi connectivity index (χ4n) is 3.69. The zero-order chi connectivity index (χ0) is 18.8. The predicted octanol–water partition coefficient (Wildman–Crippen LogP) is 1.52. The van der Waals surface area contributed by atoms with Crippen LogP contribution in [0.4, 0.5) is 4.79 Å². The van der Waals surface area contributed by atoms with Gasteiger partial charge in [0.15, 0.2) is 0 Å². The molecule has 2 heterocycles. The lowest BCUT2D eigenvalue weighted by atomic mass is 9.94. The highest BCUT2D eigenvalue weighted by molar-refractivity contribution is 5.87. The summed E-state index contributed by atoms with van der Waals surface area (Å²) in [5.74, 6) is -1.99. The van der Waals surface area contributed by atoms with E-state index in [1.807, 2.05) is 30.3 Å². The van der Waals surface area contributed by atoms with Gasteiger partial charge >= 0.3 is 18.0 Å². The molecule has 140 valence electrons. The third-order valence-corrected chi connectivity index (χ3v) is 4.84. The van der Waals surface area contributed by atoms with Crippen LogP contribution in [0.15, 0.2) is 30.3 Å². The van der Waals surface area contributed by atoms with Crippen LogP contribution in [-0.2, 0) is 23.8 Å². The van der Waals surface area contributed by atoms with E-state index in [-0.39, 0.29) is 13.2 Å². The summed E-state index contributed by atoms with van der Waals surface area (Å²) in [5.41, 5.74) is 0.872. The van der Waals surface area contributed by atoms with Crippen molar-refractivity contribution in [1.82, 2.24) is 10.0 Å². The zero-order valence-electron chi connectivity index (χ0n) is 15.0. The molecule has 1 aromatic carbocycles. The number of benzene rings is 1. The Labute approximate surface area is 151 Å². The van der Waals surface area contributed by atoms with Crippen molar-refractivity contribution in [3.63, 3.8) is 0 Å². The first kappa shape index (κ1) is 18.2. The van der Waals surface area contributed by atoms with E-state index in [0.29, 0.717) is 0 Å². The first-order chi connectivity index (χ1) is 12.5. The van der Waals surface area contributed by atoms with Crippen LogP contribution < -0.4 is 0 Å². The van der Waals surface area contributed by atoms with Crippen LogP contribution in [0.3, 0.4) is 0 Å². The number of fused-ring (bicyclic) bond motifs is 1. The lowest BCUT2D eigenvalue weighted by molar-refractivity contribution is -0.165. The molecule has 0 unspecified atom stereocenters. The van der Waals surface area contributed by atoms with Crippen molar-refractivity contribution in [3.8, 4) is 0 Å². The molecule has 26 heavy (non-hydrogen) atoms. The van der Waals surface area contributed by atoms with Gasteiger partial charge in [-0.3, -0.25) is 9.59 Å². The lowest BCUT2D eigenvalue weighted by Gasteiger charge is -2.41. The maximum Gasteiger partial charge on any atom is 0.424 e. The molecular formula is C18H22N2O6. The van der Waals surface area contributed by atoms with E-state index in [9.17, 15) is 14.4 Å². The summed E-state index contributed by atoms with van der Waals surface area (Å²) in [7, 11) is 1.26. The standard InChI is InChI=1S/C18H22N2O6/c1-4-25-17(22)15-14(16(21)24-3)11(2)19-18(23)26-10-13(20(15)19)12-8-6-5-7-9-12/h5-9,11,13-15H,4,10H2,1-3H3/t11-,13+,14-,15-/m1/s1. The molecular weight excluding hydrogens is 340 g/mol. The van der Waals surface area contributed by atoms with Crippen LogP contribution in [-0.4, -0.2) is 60.5 Å². The van der Waals surface area contributed by atoms with Crippen molar-refractivity contribution in [2.45, 2.75) is 32.0 Å². The van der Waals surface area contributed by atoms with Gasteiger partial charge in [0.25, 0.3) is 0 Å². The quantitative estimate of drug-likeness (QED) is 0.593. The number of esters is 2. The molecule has 2 aliphatic rings. The zero-order valence-corrected chi connectivity index (χ0v) is 15.0. The van der Waals surface area contributed by atoms with Crippen molar-refractivity contribution < 1.29 is 28.6 Å². The van der Waals surface area contributed by atoms with E-state index in [0.717, 1.165) is 5.56 Å². The Hall–Kier alpha value is -2.61. The van der Waals surface area contributed by atoms with Crippen LogP contribution in [0.5, 0.6) is 0 Å². The molecule has 8 heteroatoms. The second-order valence-electron chi connectivity index (χ2n) is 6.21. The summed E-state index contributed by atoms with van der Waals surface area (Å²) in [6.07, 6.45) is -0.592. The number of nitrogens with zero attached hydrogens (tertiary/aromatic N) is 2.